The van der Waals surface area contributed by atoms with E-state index in [2.05, 4.69) is 10.2 Å². The maximum atomic E-state index is 12.7. The Kier molecular flexibility index (Phi) is 2.90. The molecule has 0 aliphatic heterocycles. The number of alkyl halides is 3. The normalized spacial score (nSPS) is 11.6. The number of methoxy groups -OCH3 is 1. The number of ether oxygens (including phenoxy) is 1. The third-order valence-electron chi connectivity index (χ3n) is 2.43. The van der Waals surface area contributed by atoms with Crippen LogP contribution in [0.15, 0.2) is 24.4 Å². The van der Waals surface area contributed by atoms with Crippen molar-refractivity contribution in [1.29, 1.82) is 0 Å². The molecule has 3 N–H and O–H groups in total. The number of aromatic nitrogens is 2. The SMILES string of the molecule is COc1cc(-c2[nH]ncc2N)cc(C(F)(F)F)c1. The van der Waals surface area contributed by atoms with Gasteiger partial charge in [-0.05, 0) is 18.2 Å². The number of aromatic amines is 1. The molecule has 7 heteroatoms. The first-order valence-electron chi connectivity index (χ1n) is 4.97. The van der Waals surface area contributed by atoms with Gasteiger partial charge in [0.2, 0.25) is 0 Å². The van der Waals surface area contributed by atoms with E-state index in [1.54, 1.807) is 0 Å². The molecule has 2 aromatic rings. The van der Waals surface area contributed by atoms with E-state index in [1.165, 1.54) is 19.4 Å². The number of hydrogen-bond acceptors (Lipinski definition) is 3. The van der Waals surface area contributed by atoms with Crippen LogP contribution in [0.2, 0.25) is 0 Å². The summed E-state index contributed by atoms with van der Waals surface area (Å²) in [7, 11) is 1.30. The number of hydrogen-bond donors (Lipinski definition) is 2. The highest BCUT2D eigenvalue weighted by Crippen LogP contribution is 2.36. The molecule has 1 aromatic heterocycles. The van der Waals surface area contributed by atoms with Crippen molar-refractivity contribution in [2.24, 2.45) is 0 Å². The Morgan fingerprint density at radius 2 is 2.00 bits per heavy atom. The molecule has 0 fully saturated rings. The summed E-state index contributed by atoms with van der Waals surface area (Å²) in [6.45, 7) is 0. The molecule has 0 saturated carbocycles. The Morgan fingerprint density at radius 1 is 1.28 bits per heavy atom. The number of nitrogens with one attached hydrogen (secondary N) is 1. The minimum atomic E-state index is -4.45. The second-order valence-electron chi connectivity index (χ2n) is 3.65. The van der Waals surface area contributed by atoms with E-state index in [0.29, 0.717) is 5.69 Å². The van der Waals surface area contributed by atoms with Gasteiger partial charge in [0.1, 0.15) is 5.75 Å². The molecule has 18 heavy (non-hydrogen) atoms. The predicted molar refractivity (Wildman–Crippen MR) is 60.0 cm³/mol. The van der Waals surface area contributed by atoms with Crippen LogP contribution in [0.1, 0.15) is 5.56 Å². The quantitative estimate of drug-likeness (QED) is 0.869. The number of nitrogens with zero attached hydrogens (tertiary/aromatic N) is 1. The Morgan fingerprint density at radius 3 is 2.50 bits per heavy atom. The molecule has 0 radical (unpaired) electrons. The van der Waals surface area contributed by atoms with Crippen LogP contribution in [0.5, 0.6) is 5.75 Å². The highest BCUT2D eigenvalue weighted by atomic mass is 19.4. The van der Waals surface area contributed by atoms with Crippen LogP contribution in [-0.2, 0) is 6.18 Å². The van der Waals surface area contributed by atoms with Gasteiger partial charge in [0.15, 0.2) is 0 Å². The van der Waals surface area contributed by atoms with Crippen molar-refractivity contribution in [3.05, 3.63) is 30.0 Å². The number of halogens is 3. The number of anilines is 1. The van der Waals surface area contributed by atoms with Crippen LogP contribution in [0, 0.1) is 0 Å². The molecule has 0 saturated heterocycles. The molecule has 1 heterocycles. The molecule has 0 amide bonds. The fourth-order valence-corrected chi connectivity index (χ4v) is 1.55. The maximum Gasteiger partial charge on any atom is 0.416 e. The first-order valence-corrected chi connectivity index (χ1v) is 4.97. The van der Waals surface area contributed by atoms with Gasteiger partial charge in [0.05, 0.1) is 30.3 Å². The van der Waals surface area contributed by atoms with Gasteiger partial charge in [-0.3, -0.25) is 5.10 Å². The topological polar surface area (TPSA) is 63.9 Å². The molecule has 2 rings (SSSR count). The fourth-order valence-electron chi connectivity index (χ4n) is 1.55. The zero-order chi connectivity index (χ0) is 13.3. The van der Waals surface area contributed by atoms with Gasteiger partial charge >= 0.3 is 6.18 Å². The largest absolute Gasteiger partial charge is 0.497 e. The summed E-state index contributed by atoms with van der Waals surface area (Å²) in [5.74, 6) is 0.105. The molecule has 0 aliphatic rings. The van der Waals surface area contributed by atoms with E-state index in [-0.39, 0.29) is 17.0 Å². The molecule has 0 aliphatic carbocycles. The Hall–Kier alpha value is -2.18. The van der Waals surface area contributed by atoms with E-state index in [0.717, 1.165) is 12.1 Å². The van der Waals surface area contributed by atoms with Gasteiger partial charge < -0.3 is 10.5 Å². The van der Waals surface area contributed by atoms with Crippen molar-refractivity contribution < 1.29 is 17.9 Å². The zero-order valence-electron chi connectivity index (χ0n) is 9.38. The number of H-pyrrole nitrogens is 1. The molecule has 0 bridgehead atoms. The molecule has 96 valence electrons. The number of rotatable bonds is 2. The Labute approximate surface area is 101 Å². The van der Waals surface area contributed by atoms with Crippen molar-refractivity contribution >= 4 is 5.69 Å². The van der Waals surface area contributed by atoms with Crippen LogP contribution in [0.25, 0.3) is 11.3 Å². The summed E-state index contributed by atoms with van der Waals surface area (Å²) >= 11 is 0. The van der Waals surface area contributed by atoms with Gasteiger partial charge in [-0.2, -0.15) is 18.3 Å². The summed E-state index contributed by atoms with van der Waals surface area (Å²) in [6, 6.07) is 3.38. The van der Waals surface area contributed by atoms with Crippen molar-refractivity contribution in [3.63, 3.8) is 0 Å². The van der Waals surface area contributed by atoms with E-state index in [9.17, 15) is 13.2 Å². The lowest BCUT2D eigenvalue weighted by Gasteiger charge is -2.11. The van der Waals surface area contributed by atoms with E-state index >= 15 is 0 Å². The van der Waals surface area contributed by atoms with E-state index in [1.807, 2.05) is 0 Å². The minimum Gasteiger partial charge on any atom is -0.497 e. The van der Waals surface area contributed by atoms with Gasteiger partial charge in [-0.15, -0.1) is 0 Å². The van der Waals surface area contributed by atoms with E-state index in [4.69, 9.17) is 10.5 Å². The van der Waals surface area contributed by atoms with Gasteiger partial charge in [-0.1, -0.05) is 0 Å². The summed E-state index contributed by atoms with van der Waals surface area (Å²) in [6.07, 6.45) is -3.11. The summed E-state index contributed by atoms with van der Waals surface area (Å²) in [5.41, 5.74) is 5.69. The Bertz CT molecular complexity index is 563. The minimum absolute atomic E-state index is 0.105. The molecule has 0 spiro atoms. The first-order chi connectivity index (χ1) is 8.41. The standard InChI is InChI=1S/C11H10F3N3O/c1-18-8-3-6(10-9(15)5-16-17-10)2-7(4-8)11(12,13)14/h2-5H,15H2,1H3,(H,16,17). The van der Waals surface area contributed by atoms with Crippen LogP contribution in [-0.4, -0.2) is 17.3 Å². The van der Waals surface area contributed by atoms with Crippen molar-refractivity contribution in [3.8, 4) is 17.0 Å². The Balaban J connectivity index is 2.58. The summed E-state index contributed by atoms with van der Waals surface area (Å²) in [4.78, 5) is 0. The van der Waals surface area contributed by atoms with Crippen LogP contribution in [0.3, 0.4) is 0 Å². The molecule has 4 nitrogen and oxygen atoms in total. The van der Waals surface area contributed by atoms with Crippen molar-refractivity contribution in [2.45, 2.75) is 6.18 Å². The van der Waals surface area contributed by atoms with Gasteiger partial charge in [-0.25, -0.2) is 0 Å². The second-order valence-corrected chi connectivity index (χ2v) is 3.65. The third kappa shape index (κ3) is 2.24. The van der Waals surface area contributed by atoms with Crippen molar-refractivity contribution in [2.75, 3.05) is 12.8 Å². The monoisotopic (exact) mass is 257 g/mol. The van der Waals surface area contributed by atoms with Gasteiger partial charge in [0.25, 0.3) is 0 Å². The lowest BCUT2D eigenvalue weighted by molar-refractivity contribution is -0.137. The average Bonchev–Trinajstić information content (AvgIpc) is 2.73. The average molecular weight is 257 g/mol. The number of nitrogens with two attached hydrogens (primary N) is 1. The fraction of sp³-hybridized carbons (Fsp3) is 0.182. The zero-order valence-corrected chi connectivity index (χ0v) is 9.38. The lowest BCUT2D eigenvalue weighted by atomic mass is 10.1. The second kappa shape index (κ2) is 4.25. The summed E-state index contributed by atoms with van der Waals surface area (Å²) in [5, 5.41) is 6.23. The first kappa shape index (κ1) is 12.3. The van der Waals surface area contributed by atoms with Gasteiger partial charge in [0, 0.05) is 5.56 Å². The highest BCUT2D eigenvalue weighted by molar-refractivity contribution is 5.73. The molecular weight excluding hydrogens is 247 g/mol. The smallest absolute Gasteiger partial charge is 0.416 e. The third-order valence-corrected chi connectivity index (χ3v) is 2.43. The van der Waals surface area contributed by atoms with E-state index < -0.39 is 11.7 Å². The summed E-state index contributed by atoms with van der Waals surface area (Å²) < 4.78 is 43.0. The van der Waals surface area contributed by atoms with Crippen LogP contribution >= 0.6 is 0 Å². The molecule has 0 atom stereocenters. The number of nitrogen functional groups attached to an aromatic ring is 1. The van der Waals surface area contributed by atoms with Crippen LogP contribution < -0.4 is 10.5 Å². The highest BCUT2D eigenvalue weighted by Gasteiger charge is 2.31. The lowest BCUT2D eigenvalue weighted by Crippen LogP contribution is -2.05. The predicted octanol–water partition coefficient (Wildman–Crippen LogP) is 2.69. The van der Waals surface area contributed by atoms with Crippen LogP contribution in [0.4, 0.5) is 18.9 Å². The molecule has 1 aromatic carbocycles. The van der Waals surface area contributed by atoms with Crippen molar-refractivity contribution in [1.82, 2.24) is 10.2 Å². The molecular formula is C11H10F3N3O. The maximum absolute atomic E-state index is 12.7. The molecule has 0 unspecified atom stereocenters. The number of benzene rings is 1.